The Bertz CT molecular complexity index is 1280. The first-order chi connectivity index (χ1) is 16.4. The molecule has 1 heterocycles. The summed E-state index contributed by atoms with van der Waals surface area (Å²) in [5.41, 5.74) is 1.07. The highest BCUT2D eigenvalue weighted by atomic mass is 16.6. The lowest BCUT2D eigenvalue weighted by molar-refractivity contribution is -0.138. The van der Waals surface area contributed by atoms with Crippen molar-refractivity contribution in [1.29, 1.82) is 0 Å². The first-order valence-electron chi connectivity index (χ1n) is 11.3. The van der Waals surface area contributed by atoms with Crippen molar-refractivity contribution in [1.82, 2.24) is 5.32 Å². The zero-order chi connectivity index (χ0) is 25.9. The summed E-state index contributed by atoms with van der Waals surface area (Å²) in [6.07, 6.45) is -0.710. The number of fused-ring (bicyclic) bond motifs is 1. The minimum Gasteiger partial charge on any atom is -0.497 e. The van der Waals surface area contributed by atoms with E-state index in [1.165, 1.54) is 6.07 Å². The number of rotatable bonds is 6. The van der Waals surface area contributed by atoms with E-state index in [-0.39, 0.29) is 11.7 Å². The third kappa shape index (κ3) is 6.20. The fourth-order valence-electron chi connectivity index (χ4n) is 3.57. The smallest absolute Gasteiger partial charge is 0.408 e. The zero-order valence-electron chi connectivity index (χ0n) is 21.1. The third-order valence-corrected chi connectivity index (χ3v) is 5.32. The molecule has 0 aliphatic heterocycles. The van der Waals surface area contributed by atoms with Gasteiger partial charge >= 0.3 is 17.7 Å². The van der Waals surface area contributed by atoms with Crippen LogP contribution in [-0.4, -0.2) is 30.8 Å². The number of hydrogen-bond donors (Lipinski definition) is 1. The second-order valence-electron chi connectivity index (χ2n) is 9.56. The van der Waals surface area contributed by atoms with E-state index in [1.807, 2.05) is 24.3 Å². The van der Waals surface area contributed by atoms with Crippen molar-refractivity contribution in [3.8, 4) is 22.6 Å². The van der Waals surface area contributed by atoms with Gasteiger partial charge in [-0.2, -0.15) is 0 Å². The monoisotopic (exact) mass is 481 g/mol. The maximum atomic E-state index is 13.0. The number of esters is 1. The lowest BCUT2D eigenvalue weighted by Crippen LogP contribution is -2.48. The van der Waals surface area contributed by atoms with Gasteiger partial charge in [0.15, 0.2) is 0 Å². The molecule has 0 saturated carbocycles. The average Bonchev–Trinajstić information content (AvgIpc) is 2.77. The summed E-state index contributed by atoms with van der Waals surface area (Å²) < 4.78 is 21.6. The molecule has 35 heavy (non-hydrogen) atoms. The number of amides is 1. The molecule has 0 aliphatic rings. The largest absolute Gasteiger partial charge is 0.497 e. The summed E-state index contributed by atoms with van der Waals surface area (Å²) >= 11 is 0. The van der Waals surface area contributed by atoms with Crippen molar-refractivity contribution in [2.75, 3.05) is 7.11 Å². The molecular formula is C27H31NO7. The van der Waals surface area contributed by atoms with Crippen molar-refractivity contribution in [3.63, 3.8) is 0 Å². The van der Waals surface area contributed by atoms with Crippen LogP contribution in [0.2, 0.25) is 0 Å². The highest BCUT2D eigenvalue weighted by Gasteiger charge is 2.29. The lowest BCUT2D eigenvalue weighted by Gasteiger charge is -2.24. The van der Waals surface area contributed by atoms with Crippen LogP contribution in [0.15, 0.2) is 51.7 Å². The fraction of sp³-hybridized carbons (Fsp3) is 0.370. The Kier molecular flexibility index (Phi) is 7.53. The Balaban J connectivity index is 1.93. The van der Waals surface area contributed by atoms with Crippen LogP contribution >= 0.6 is 0 Å². The molecule has 3 rings (SSSR count). The van der Waals surface area contributed by atoms with Crippen molar-refractivity contribution >= 4 is 23.0 Å². The predicted molar refractivity (Wildman–Crippen MR) is 133 cm³/mol. The second kappa shape index (κ2) is 10.2. The summed E-state index contributed by atoms with van der Waals surface area (Å²) in [6.45, 7) is 10.5. The number of aryl methyl sites for hydroxylation is 1. The third-order valence-electron chi connectivity index (χ3n) is 5.32. The molecular weight excluding hydrogens is 450 g/mol. The predicted octanol–water partition coefficient (Wildman–Crippen LogP) is 5.23. The summed E-state index contributed by atoms with van der Waals surface area (Å²) in [5.74, 6) is 0.0256. The molecule has 0 aliphatic carbocycles. The number of carbonyl (C=O) groups excluding carboxylic acids is 2. The summed E-state index contributed by atoms with van der Waals surface area (Å²) in [4.78, 5) is 37.5. The van der Waals surface area contributed by atoms with E-state index < -0.39 is 29.3 Å². The van der Waals surface area contributed by atoms with Gasteiger partial charge in [-0.1, -0.05) is 26.0 Å². The van der Waals surface area contributed by atoms with Gasteiger partial charge in [-0.15, -0.1) is 0 Å². The van der Waals surface area contributed by atoms with Crippen LogP contribution in [0, 0.1) is 12.8 Å². The zero-order valence-corrected chi connectivity index (χ0v) is 21.1. The SMILES string of the molecule is COc1ccc(-c2cc(=O)oc3c(C)c(OC(=O)C(NC(=O)OC(C)(C)C)C(C)C)ccc23)cc1. The van der Waals surface area contributed by atoms with Crippen LogP contribution in [0.25, 0.3) is 22.1 Å². The van der Waals surface area contributed by atoms with Crippen LogP contribution in [0.4, 0.5) is 4.79 Å². The molecule has 0 radical (unpaired) electrons. The van der Waals surface area contributed by atoms with Gasteiger partial charge in [0.25, 0.3) is 0 Å². The van der Waals surface area contributed by atoms with Crippen molar-refractivity contribution in [2.45, 2.75) is 53.2 Å². The Hall–Kier alpha value is -3.81. The fourth-order valence-corrected chi connectivity index (χ4v) is 3.57. The van der Waals surface area contributed by atoms with Crippen molar-refractivity contribution in [2.24, 2.45) is 5.92 Å². The van der Waals surface area contributed by atoms with E-state index in [1.54, 1.807) is 60.8 Å². The molecule has 0 saturated heterocycles. The average molecular weight is 482 g/mol. The van der Waals surface area contributed by atoms with E-state index in [0.717, 1.165) is 5.56 Å². The van der Waals surface area contributed by atoms with Crippen LogP contribution in [-0.2, 0) is 9.53 Å². The number of hydrogen-bond acceptors (Lipinski definition) is 7. The standard InChI is InChI=1S/C27H31NO7/c1-15(2)23(28-26(31)35-27(4,5)6)25(30)33-21-13-12-19-20(14-22(29)34-24(19)16(21)3)17-8-10-18(32-7)11-9-17/h8-15,23H,1-7H3,(H,28,31). The van der Waals surface area contributed by atoms with E-state index in [2.05, 4.69) is 5.32 Å². The van der Waals surface area contributed by atoms with Crippen molar-refractivity contribution < 1.29 is 28.2 Å². The van der Waals surface area contributed by atoms with Gasteiger partial charge < -0.3 is 23.9 Å². The van der Waals surface area contributed by atoms with Gasteiger partial charge in [-0.05, 0) is 69.0 Å². The molecule has 0 spiro atoms. The Morgan fingerprint density at radius 1 is 1.03 bits per heavy atom. The van der Waals surface area contributed by atoms with Crippen LogP contribution in [0.3, 0.4) is 0 Å². The number of benzene rings is 2. The van der Waals surface area contributed by atoms with Gasteiger partial charge in [0, 0.05) is 17.0 Å². The molecule has 1 amide bonds. The summed E-state index contributed by atoms with van der Waals surface area (Å²) in [7, 11) is 1.58. The molecule has 1 unspecified atom stereocenters. The molecule has 1 N–H and O–H groups in total. The van der Waals surface area contributed by atoms with E-state index in [4.69, 9.17) is 18.6 Å². The highest BCUT2D eigenvalue weighted by molar-refractivity contribution is 5.96. The molecule has 3 aromatic rings. The number of nitrogens with one attached hydrogen (secondary N) is 1. The van der Waals surface area contributed by atoms with Crippen LogP contribution < -0.4 is 20.4 Å². The maximum Gasteiger partial charge on any atom is 0.408 e. The second-order valence-corrected chi connectivity index (χ2v) is 9.56. The van der Waals surface area contributed by atoms with Gasteiger partial charge in [-0.3, -0.25) is 0 Å². The molecule has 0 bridgehead atoms. The van der Waals surface area contributed by atoms with Gasteiger partial charge in [-0.25, -0.2) is 14.4 Å². The first-order valence-corrected chi connectivity index (χ1v) is 11.3. The van der Waals surface area contributed by atoms with Gasteiger partial charge in [0.05, 0.1) is 7.11 Å². The molecule has 8 heteroatoms. The molecule has 0 fully saturated rings. The van der Waals surface area contributed by atoms with E-state index in [9.17, 15) is 14.4 Å². The van der Waals surface area contributed by atoms with Gasteiger partial charge in [0.1, 0.15) is 28.7 Å². The molecule has 2 aromatic carbocycles. The van der Waals surface area contributed by atoms with Gasteiger partial charge in [0.2, 0.25) is 0 Å². The van der Waals surface area contributed by atoms with E-state index in [0.29, 0.717) is 27.8 Å². The topological polar surface area (TPSA) is 104 Å². The Labute approximate surface area is 204 Å². The van der Waals surface area contributed by atoms with Crippen molar-refractivity contribution in [3.05, 3.63) is 58.4 Å². The van der Waals surface area contributed by atoms with Crippen LogP contribution in [0.1, 0.15) is 40.2 Å². The minimum absolute atomic E-state index is 0.231. The quantitative estimate of drug-likeness (QED) is 0.292. The van der Waals surface area contributed by atoms with Crippen LogP contribution in [0.5, 0.6) is 11.5 Å². The Morgan fingerprint density at radius 3 is 2.26 bits per heavy atom. The first kappa shape index (κ1) is 25.8. The normalized spacial score (nSPS) is 12.3. The number of methoxy groups -OCH3 is 1. The highest BCUT2D eigenvalue weighted by Crippen LogP contribution is 2.34. The molecule has 1 aromatic heterocycles. The molecule has 1 atom stereocenters. The summed E-state index contributed by atoms with van der Waals surface area (Å²) in [5, 5.41) is 3.27. The number of alkyl carbamates (subject to hydrolysis) is 1. The minimum atomic E-state index is -0.933. The lowest BCUT2D eigenvalue weighted by atomic mass is 10.00. The van der Waals surface area contributed by atoms with E-state index >= 15 is 0 Å². The molecule has 8 nitrogen and oxygen atoms in total. The number of carbonyl (C=O) groups is 2. The number of ether oxygens (including phenoxy) is 3. The summed E-state index contributed by atoms with van der Waals surface area (Å²) in [6, 6.07) is 11.2. The molecule has 186 valence electrons. The maximum absolute atomic E-state index is 13.0. The Morgan fingerprint density at radius 2 is 1.69 bits per heavy atom.